The molecule has 0 aliphatic carbocycles. The van der Waals surface area contributed by atoms with E-state index in [1.165, 1.54) is 19.4 Å². The summed E-state index contributed by atoms with van der Waals surface area (Å²) >= 11 is 0. The number of pyridine rings is 2. The normalized spacial score (nSPS) is 11.1. The summed E-state index contributed by atoms with van der Waals surface area (Å²) in [5, 5.41) is 2.81. The van der Waals surface area contributed by atoms with Gasteiger partial charge in [-0.15, -0.1) is 0 Å². The second kappa shape index (κ2) is 5.23. The number of nitrogens with one attached hydrogen (secondary N) is 1. The molecule has 0 saturated carbocycles. The van der Waals surface area contributed by atoms with E-state index in [0.29, 0.717) is 11.4 Å². The maximum Gasteiger partial charge on any atom is 0.283 e. The molecule has 0 radical (unpaired) electrons. The van der Waals surface area contributed by atoms with Gasteiger partial charge in [0.1, 0.15) is 0 Å². The Morgan fingerprint density at radius 2 is 1.95 bits per heavy atom. The van der Waals surface area contributed by atoms with Crippen LogP contribution in [0.5, 0.6) is 0 Å². The van der Waals surface area contributed by atoms with Crippen LogP contribution in [0.25, 0.3) is 0 Å². The van der Waals surface area contributed by atoms with Crippen molar-refractivity contribution in [1.82, 2.24) is 9.97 Å². The summed E-state index contributed by atoms with van der Waals surface area (Å²) in [6, 6.07) is 6.69. The smallest absolute Gasteiger partial charge is 0.283 e. The van der Waals surface area contributed by atoms with Gasteiger partial charge < -0.3 is 5.32 Å². The van der Waals surface area contributed by atoms with Crippen molar-refractivity contribution in [3.63, 3.8) is 0 Å². The van der Waals surface area contributed by atoms with Crippen LogP contribution in [0.3, 0.4) is 0 Å². The largest absolute Gasteiger partial charge is 0.386 e. The van der Waals surface area contributed by atoms with E-state index >= 15 is 0 Å². The number of anilines is 2. The Balaban J connectivity index is 2.48. The van der Waals surface area contributed by atoms with E-state index in [1.54, 1.807) is 37.5 Å². The fourth-order valence-electron chi connectivity index (χ4n) is 1.60. The molecule has 2 rings (SSSR count). The summed E-state index contributed by atoms with van der Waals surface area (Å²) < 4.78 is 26.2. The zero-order valence-corrected chi connectivity index (χ0v) is 11.4. The molecule has 0 atom stereocenters. The molecular formula is C12H14N4O2S. The van der Waals surface area contributed by atoms with Crippen LogP contribution in [-0.2, 0) is 10.0 Å². The van der Waals surface area contributed by atoms with E-state index in [1.807, 2.05) is 0 Å². The second-order valence-electron chi connectivity index (χ2n) is 3.79. The minimum Gasteiger partial charge on any atom is -0.386 e. The quantitative estimate of drug-likeness (QED) is 0.913. The highest BCUT2D eigenvalue weighted by molar-refractivity contribution is 7.92. The number of aromatic nitrogens is 2. The predicted octanol–water partition coefficient (Wildman–Crippen LogP) is 1.34. The average molecular weight is 278 g/mol. The lowest BCUT2D eigenvalue weighted by Crippen LogP contribution is -2.28. The summed E-state index contributed by atoms with van der Waals surface area (Å²) in [5.41, 5.74) is 0.938. The highest BCUT2D eigenvalue weighted by Crippen LogP contribution is 2.24. The maximum absolute atomic E-state index is 12.5. The fourth-order valence-corrected chi connectivity index (χ4v) is 2.88. The van der Waals surface area contributed by atoms with Crippen molar-refractivity contribution in [1.29, 1.82) is 0 Å². The summed E-state index contributed by atoms with van der Waals surface area (Å²) in [4.78, 5) is 7.87. The number of hydrogen-bond acceptors (Lipinski definition) is 5. The van der Waals surface area contributed by atoms with Gasteiger partial charge in [0.2, 0.25) is 0 Å². The van der Waals surface area contributed by atoms with Crippen molar-refractivity contribution in [3.8, 4) is 0 Å². The molecule has 2 aromatic heterocycles. The summed E-state index contributed by atoms with van der Waals surface area (Å²) in [7, 11) is -0.590. The SMILES string of the molecule is CNc1cccnc1S(=O)(=O)N(C)c1cccnc1. The Hall–Kier alpha value is -2.15. The van der Waals surface area contributed by atoms with E-state index in [4.69, 9.17) is 0 Å². The van der Waals surface area contributed by atoms with Crippen LogP contribution in [0.15, 0.2) is 47.9 Å². The van der Waals surface area contributed by atoms with E-state index in [-0.39, 0.29) is 5.03 Å². The third-order valence-corrected chi connectivity index (χ3v) is 4.40. The van der Waals surface area contributed by atoms with Crippen LogP contribution in [0, 0.1) is 0 Å². The molecule has 7 heteroatoms. The number of hydrogen-bond donors (Lipinski definition) is 1. The molecular weight excluding hydrogens is 264 g/mol. The van der Waals surface area contributed by atoms with Gasteiger partial charge in [-0.05, 0) is 24.3 Å². The third-order valence-electron chi connectivity index (χ3n) is 2.65. The molecule has 0 spiro atoms. The number of nitrogens with zero attached hydrogens (tertiary/aromatic N) is 3. The predicted molar refractivity (Wildman–Crippen MR) is 73.6 cm³/mol. The first-order chi connectivity index (χ1) is 9.07. The molecule has 0 aliphatic heterocycles. The van der Waals surface area contributed by atoms with Gasteiger partial charge >= 0.3 is 0 Å². The molecule has 0 unspecified atom stereocenters. The second-order valence-corrected chi connectivity index (χ2v) is 5.67. The molecule has 0 saturated heterocycles. The summed E-state index contributed by atoms with van der Waals surface area (Å²) in [6.07, 6.45) is 4.52. The zero-order chi connectivity index (χ0) is 13.9. The van der Waals surface area contributed by atoms with Gasteiger partial charge in [0, 0.05) is 26.5 Å². The van der Waals surface area contributed by atoms with Crippen LogP contribution in [0.2, 0.25) is 0 Å². The summed E-state index contributed by atoms with van der Waals surface area (Å²) in [6.45, 7) is 0. The highest BCUT2D eigenvalue weighted by atomic mass is 32.2. The Morgan fingerprint density at radius 1 is 1.21 bits per heavy atom. The monoisotopic (exact) mass is 278 g/mol. The maximum atomic E-state index is 12.5. The highest BCUT2D eigenvalue weighted by Gasteiger charge is 2.25. The average Bonchev–Trinajstić information content (AvgIpc) is 2.47. The van der Waals surface area contributed by atoms with Crippen molar-refractivity contribution in [3.05, 3.63) is 42.9 Å². The third kappa shape index (κ3) is 2.50. The molecule has 0 fully saturated rings. The van der Waals surface area contributed by atoms with E-state index < -0.39 is 10.0 Å². The van der Waals surface area contributed by atoms with Crippen molar-refractivity contribution in [2.45, 2.75) is 5.03 Å². The standard InChI is InChI=1S/C12H14N4O2S/c1-13-11-6-4-8-15-12(11)19(17,18)16(2)10-5-3-7-14-9-10/h3-9,13H,1-2H3. The van der Waals surface area contributed by atoms with Gasteiger partial charge in [-0.1, -0.05) is 0 Å². The van der Waals surface area contributed by atoms with Crippen molar-refractivity contribution >= 4 is 21.4 Å². The minimum absolute atomic E-state index is 0.0103. The fraction of sp³-hybridized carbons (Fsp3) is 0.167. The Bertz CT molecular complexity index is 658. The first-order valence-electron chi connectivity index (χ1n) is 5.59. The molecule has 0 aliphatic rings. The zero-order valence-electron chi connectivity index (χ0n) is 10.6. The first-order valence-corrected chi connectivity index (χ1v) is 7.03. The lowest BCUT2D eigenvalue weighted by atomic mass is 10.4. The molecule has 0 bridgehead atoms. The molecule has 6 nitrogen and oxygen atoms in total. The van der Waals surface area contributed by atoms with Crippen LogP contribution in [0.1, 0.15) is 0 Å². The molecule has 0 amide bonds. The van der Waals surface area contributed by atoms with Crippen molar-refractivity contribution in [2.24, 2.45) is 0 Å². The van der Waals surface area contributed by atoms with Gasteiger partial charge in [0.15, 0.2) is 5.03 Å². The van der Waals surface area contributed by atoms with Gasteiger partial charge in [-0.25, -0.2) is 4.98 Å². The van der Waals surface area contributed by atoms with E-state index in [9.17, 15) is 8.42 Å². The van der Waals surface area contributed by atoms with E-state index in [2.05, 4.69) is 15.3 Å². The van der Waals surface area contributed by atoms with E-state index in [0.717, 1.165) is 4.31 Å². The van der Waals surface area contributed by atoms with Crippen LogP contribution in [-0.4, -0.2) is 32.5 Å². The van der Waals surface area contributed by atoms with Gasteiger partial charge in [-0.2, -0.15) is 8.42 Å². The Morgan fingerprint density at radius 3 is 2.58 bits per heavy atom. The topological polar surface area (TPSA) is 75.2 Å². The van der Waals surface area contributed by atoms with Crippen LogP contribution < -0.4 is 9.62 Å². The molecule has 19 heavy (non-hydrogen) atoms. The van der Waals surface area contributed by atoms with Crippen molar-refractivity contribution < 1.29 is 8.42 Å². The van der Waals surface area contributed by atoms with Gasteiger partial charge in [0.25, 0.3) is 10.0 Å². The lowest BCUT2D eigenvalue weighted by Gasteiger charge is -2.19. The van der Waals surface area contributed by atoms with Gasteiger partial charge in [-0.3, -0.25) is 9.29 Å². The first kappa shape index (κ1) is 13.3. The number of sulfonamides is 1. The molecule has 2 aromatic rings. The van der Waals surface area contributed by atoms with Gasteiger partial charge in [0.05, 0.1) is 17.6 Å². The number of rotatable bonds is 4. The molecule has 100 valence electrons. The summed E-state index contributed by atoms with van der Waals surface area (Å²) in [5.74, 6) is 0. The molecule has 0 aromatic carbocycles. The lowest BCUT2D eigenvalue weighted by molar-refractivity contribution is 0.591. The van der Waals surface area contributed by atoms with Crippen LogP contribution >= 0.6 is 0 Å². The Kier molecular flexibility index (Phi) is 3.66. The Labute approximate surface area is 112 Å². The van der Waals surface area contributed by atoms with Crippen LogP contribution in [0.4, 0.5) is 11.4 Å². The van der Waals surface area contributed by atoms with Crippen molar-refractivity contribution in [2.75, 3.05) is 23.7 Å². The molecule has 2 heterocycles. The molecule has 1 N–H and O–H groups in total. The minimum atomic E-state index is -3.72.